The number of rotatable bonds is 8. The van der Waals surface area contributed by atoms with Crippen LogP contribution in [0, 0.1) is 0 Å². The van der Waals surface area contributed by atoms with Crippen molar-refractivity contribution in [2.24, 2.45) is 0 Å². The molecule has 0 saturated carbocycles. The van der Waals surface area contributed by atoms with E-state index in [9.17, 15) is 14.4 Å². The summed E-state index contributed by atoms with van der Waals surface area (Å²) >= 11 is 0. The highest BCUT2D eigenvalue weighted by molar-refractivity contribution is 5.96. The number of ketones is 1. The first kappa shape index (κ1) is 20.2. The van der Waals surface area contributed by atoms with Gasteiger partial charge in [0.05, 0.1) is 13.7 Å². The van der Waals surface area contributed by atoms with E-state index in [1.807, 2.05) is 24.3 Å². The van der Waals surface area contributed by atoms with Crippen LogP contribution in [0.2, 0.25) is 0 Å². The number of ether oxygens (including phenoxy) is 1. The quantitative estimate of drug-likeness (QED) is 0.727. The van der Waals surface area contributed by atoms with Crippen molar-refractivity contribution in [2.75, 3.05) is 25.5 Å². The van der Waals surface area contributed by atoms with Crippen molar-refractivity contribution in [3.8, 4) is 5.75 Å². The van der Waals surface area contributed by atoms with Gasteiger partial charge in [-0.05, 0) is 55.3 Å². The molecule has 0 atom stereocenters. The fourth-order valence-corrected chi connectivity index (χ4v) is 2.60. The first-order valence-electron chi connectivity index (χ1n) is 8.68. The molecular weight excluding hydrogens is 344 g/mol. The molecule has 142 valence electrons. The van der Waals surface area contributed by atoms with Crippen molar-refractivity contribution < 1.29 is 19.1 Å². The van der Waals surface area contributed by atoms with Gasteiger partial charge in [0.25, 0.3) is 0 Å². The monoisotopic (exact) mass is 368 g/mol. The zero-order valence-corrected chi connectivity index (χ0v) is 15.8. The second-order valence-electron chi connectivity index (χ2n) is 6.22. The highest BCUT2D eigenvalue weighted by Crippen LogP contribution is 2.14. The van der Waals surface area contributed by atoms with Crippen LogP contribution in [0.25, 0.3) is 0 Å². The van der Waals surface area contributed by atoms with Gasteiger partial charge >= 0.3 is 0 Å². The molecule has 0 bridgehead atoms. The Kier molecular flexibility index (Phi) is 7.11. The highest BCUT2D eigenvalue weighted by atomic mass is 16.5. The third-order valence-corrected chi connectivity index (χ3v) is 4.16. The summed E-state index contributed by atoms with van der Waals surface area (Å²) in [5.41, 5.74) is 2.19. The molecule has 0 aliphatic heterocycles. The summed E-state index contributed by atoms with van der Waals surface area (Å²) in [5, 5.41) is 2.75. The van der Waals surface area contributed by atoms with E-state index in [2.05, 4.69) is 5.32 Å². The van der Waals surface area contributed by atoms with Crippen LogP contribution >= 0.6 is 0 Å². The number of carbonyl (C=O) groups excluding carboxylic acids is 3. The van der Waals surface area contributed by atoms with Gasteiger partial charge in [0.15, 0.2) is 5.78 Å². The molecule has 0 aromatic heterocycles. The van der Waals surface area contributed by atoms with E-state index in [-0.39, 0.29) is 24.1 Å². The maximum atomic E-state index is 12.3. The van der Waals surface area contributed by atoms with Crippen LogP contribution in [0.1, 0.15) is 29.8 Å². The third-order valence-electron chi connectivity index (χ3n) is 4.16. The second-order valence-corrected chi connectivity index (χ2v) is 6.22. The Morgan fingerprint density at radius 3 is 2.33 bits per heavy atom. The Labute approximate surface area is 159 Å². The number of anilines is 1. The number of amides is 2. The molecule has 0 radical (unpaired) electrons. The van der Waals surface area contributed by atoms with Gasteiger partial charge in [-0.1, -0.05) is 12.1 Å². The first-order chi connectivity index (χ1) is 12.9. The van der Waals surface area contributed by atoms with Gasteiger partial charge in [-0.2, -0.15) is 0 Å². The van der Waals surface area contributed by atoms with E-state index in [1.54, 1.807) is 31.4 Å². The molecule has 1 N–H and O–H groups in total. The van der Waals surface area contributed by atoms with Crippen molar-refractivity contribution >= 4 is 23.3 Å². The average Bonchev–Trinajstić information content (AvgIpc) is 2.65. The molecule has 0 spiro atoms. The summed E-state index contributed by atoms with van der Waals surface area (Å²) in [6.45, 7) is 3.33. The summed E-state index contributed by atoms with van der Waals surface area (Å²) in [6, 6.07) is 14.3. The number of methoxy groups -OCH3 is 1. The Bertz CT molecular complexity index is 815. The van der Waals surface area contributed by atoms with Crippen molar-refractivity contribution in [1.29, 1.82) is 0 Å². The second kappa shape index (κ2) is 9.52. The lowest BCUT2D eigenvalue weighted by Crippen LogP contribution is -2.38. The van der Waals surface area contributed by atoms with E-state index >= 15 is 0 Å². The van der Waals surface area contributed by atoms with E-state index in [0.717, 1.165) is 11.3 Å². The van der Waals surface area contributed by atoms with E-state index < -0.39 is 0 Å². The summed E-state index contributed by atoms with van der Waals surface area (Å²) in [6.07, 6.45) is 0.622. The van der Waals surface area contributed by atoms with Gasteiger partial charge in [0.2, 0.25) is 11.8 Å². The van der Waals surface area contributed by atoms with Gasteiger partial charge in [-0.25, -0.2) is 0 Å². The van der Waals surface area contributed by atoms with Crippen LogP contribution in [-0.2, 0) is 16.0 Å². The van der Waals surface area contributed by atoms with Crippen molar-refractivity contribution in [3.05, 3.63) is 59.7 Å². The van der Waals surface area contributed by atoms with Gasteiger partial charge in [-0.15, -0.1) is 0 Å². The van der Waals surface area contributed by atoms with Gasteiger partial charge in [0, 0.05) is 24.7 Å². The lowest BCUT2D eigenvalue weighted by atomic mass is 10.1. The predicted octanol–water partition coefficient (Wildman–Crippen LogP) is 2.93. The minimum Gasteiger partial charge on any atom is -0.497 e. The van der Waals surface area contributed by atoms with Crippen LogP contribution in [-0.4, -0.2) is 42.7 Å². The number of carbonyl (C=O) groups is 3. The Hall–Kier alpha value is -3.15. The minimum absolute atomic E-state index is 0.0340. The molecule has 0 aliphatic rings. The van der Waals surface area contributed by atoms with E-state index in [4.69, 9.17) is 4.74 Å². The molecule has 6 heteroatoms. The summed E-state index contributed by atoms with van der Waals surface area (Å²) in [5.74, 6) is 0.271. The van der Waals surface area contributed by atoms with E-state index in [1.165, 1.54) is 18.7 Å². The molecule has 0 aliphatic carbocycles. The molecule has 0 unspecified atom stereocenters. The Morgan fingerprint density at radius 1 is 1.04 bits per heavy atom. The minimum atomic E-state index is -0.286. The smallest absolute Gasteiger partial charge is 0.243 e. The fraction of sp³-hybridized carbons (Fsp3) is 0.286. The summed E-state index contributed by atoms with van der Waals surface area (Å²) in [7, 11) is 1.61. The van der Waals surface area contributed by atoms with Crippen LogP contribution in [0.3, 0.4) is 0 Å². The molecule has 6 nitrogen and oxygen atoms in total. The average molecular weight is 368 g/mol. The van der Waals surface area contributed by atoms with Crippen LogP contribution in [0.5, 0.6) is 5.75 Å². The van der Waals surface area contributed by atoms with Crippen LogP contribution < -0.4 is 10.1 Å². The number of hydrogen-bond donors (Lipinski definition) is 1. The molecule has 27 heavy (non-hydrogen) atoms. The fourth-order valence-electron chi connectivity index (χ4n) is 2.60. The van der Waals surface area contributed by atoms with Crippen LogP contribution in [0.15, 0.2) is 48.5 Å². The molecule has 2 aromatic rings. The zero-order chi connectivity index (χ0) is 19.8. The number of nitrogens with one attached hydrogen (secondary N) is 1. The molecule has 2 aromatic carbocycles. The number of benzene rings is 2. The maximum absolute atomic E-state index is 12.3. The topological polar surface area (TPSA) is 75.7 Å². The standard InChI is InChI=1S/C21H24N2O4/c1-15(24)18-7-9-19(10-8-18)22-21(26)14-23(16(2)25)12-11-17-5-4-6-20(13-17)27-3/h4-10,13H,11-12,14H2,1-3H3,(H,22,26). The molecule has 2 rings (SSSR count). The molecular formula is C21H24N2O4. The number of hydrogen-bond acceptors (Lipinski definition) is 4. The van der Waals surface area contributed by atoms with Crippen LogP contribution in [0.4, 0.5) is 5.69 Å². The predicted molar refractivity (Wildman–Crippen MR) is 104 cm³/mol. The molecule has 2 amide bonds. The van der Waals surface area contributed by atoms with Gasteiger partial charge in [-0.3, -0.25) is 14.4 Å². The number of nitrogens with zero attached hydrogens (tertiary/aromatic N) is 1. The molecule has 0 fully saturated rings. The largest absolute Gasteiger partial charge is 0.497 e. The lowest BCUT2D eigenvalue weighted by Gasteiger charge is -2.20. The molecule has 0 heterocycles. The lowest BCUT2D eigenvalue weighted by molar-refractivity contribution is -0.132. The SMILES string of the molecule is COc1cccc(CCN(CC(=O)Nc2ccc(C(C)=O)cc2)C(C)=O)c1. The first-order valence-corrected chi connectivity index (χ1v) is 8.68. The van der Waals surface area contributed by atoms with Crippen molar-refractivity contribution in [1.82, 2.24) is 4.90 Å². The molecule has 0 saturated heterocycles. The normalized spacial score (nSPS) is 10.2. The summed E-state index contributed by atoms with van der Waals surface area (Å²) < 4.78 is 5.20. The zero-order valence-electron chi connectivity index (χ0n) is 15.8. The Morgan fingerprint density at radius 2 is 1.74 bits per heavy atom. The summed E-state index contributed by atoms with van der Waals surface area (Å²) in [4.78, 5) is 36.9. The third kappa shape index (κ3) is 6.26. The van der Waals surface area contributed by atoms with Gasteiger partial charge in [0.1, 0.15) is 5.75 Å². The van der Waals surface area contributed by atoms with E-state index in [0.29, 0.717) is 24.2 Å². The van der Waals surface area contributed by atoms with Crippen molar-refractivity contribution in [3.63, 3.8) is 0 Å². The van der Waals surface area contributed by atoms with Crippen molar-refractivity contribution in [2.45, 2.75) is 20.3 Å². The maximum Gasteiger partial charge on any atom is 0.243 e. The number of Topliss-reactive ketones (excluding diaryl/α,β-unsaturated/α-hetero) is 1. The van der Waals surface area contributed by atoms with Gasteiger partial charge < -0.3 is 15.0 Å². The Balaban J connectivity index is 1.93. The highest BCUT2D eigenvalue weighted by Gasteiger charge is 2.14.